The Bertz CT molecular complexity index is 995. The number of nitrogens with zero attached hydrogens (tertiary/aromatic N) is 3. The van der Waals surface area contributed by atoms with Crippen LogP contribution in [0.1, 0.15) is 55.7 Å². The standard InChI is InChI=1S/C23H25N3O3/c1-15(2)17-9-7-16(8-10-17)14-26-20(11-12-21(26)27)23-24-22(25-29-23)18-5-4-6-19(13-18)28-3/h4-10,13,15,20H,11-12,14H2,1-3H3. The highest BCUT2D eigenvalue weighted by atomic mass is 16.5. The van der Waals surface area contributed by atoms with Crippen LogP contribution in [0.2, 0.25) is 0 Å². The zero-order chi connectivity index (χ0) is 20.4. The van der Waals surface area contributed by atoms with E-state index in [0.717, 1.165) is 16.9 Å². The van der Waals surface area contributed by atoms with Gasteiger partial charge in [0.15, 0.2) is 0 Å². The average Bonchev–Trinajstić information content (AvgIpc) is 3.36. The molecule has 2 heterocycles. The van der Waals surface area contributed by atoms with Crippen LogP contribution in [0, 0.1) is 0 Å². The van der Waals surface area contributed by atoms with Crippen LogP contribution in [0.25, 0.3) is 11.4 Å². The normalized spacial score (nSPS) is 16.6. The highest BCUT2D eigenvalue weighted by molar-refractivity contribution is 5.78. The third-order valence-corrected chi connectivity index (χ3v) is 5.38. The summed E-state index contributed by atoms with van der Waals surface area (Å²) >= 11 is 0. The van der Waals surface area contributed by atoms with E-state index < -0.39 is 0 Å². The molecule has 0 radical (unpaired) electrons. The summed E-state index contributed by atoms with van der Waals surface area (Å²) in [5.74, 6) is 2.31. The van der Waals surface area contributed by atoms with E-state index in [0.29, 0.717) is 37.0 Å². The summed E-state index contributed by atoms with van der Waals surface area (Å²) in [4.78, 5) is 18.9. The zero-order valence-corrected chi connectivity index (χ0v) is 17.0. The minimum atomic E-state index is -0.195. The Labute approximate surface area is 170 Å². The van der Waals surface area contributed by atoms with Gasteiger partial charge in [-0.25, -0.2) is 0 Å². The van der Waals surface area contributed by atoms with Gasteiger partial charge in [0.2, 0.25) is 17.6 Å². The highest BCUT2D eigenvalue weighted by Crippen LogP contribution is 2.34. The lowest BCUT2D eigenvalue weighted by Gasteiger charge is -2.22. The molecule has 0 N–H and O–H groups in total. The first-order valence-corrected chi connectivity index (χ1v) is 9.91. The summed E-state index contributed by atoms with van der Waals surface area (Å²) in [6.07, 6.45) is 1.17. The maximum Gasteiger partial charge on any atom is 0.249 e. The lowest BCUT2D eigenvalue weighted by molar-refractivity contribution is -0.129. The molecule has 1 fully saturated rings. The first kappa shape index (κ1) is 19.2. The van der Waals surface area contributed by atoms with Crippen molar-refractivity contribution in [3.63, 3.8) is 0 Å². The van der Waals surface area contributed by atoms with Gasteiger partial charge in [-0.1, -0.05) is 55.4 Å². The van der Waals surface area contributed by atoms with E-state index in [1.165, 1.54) is 5.56 Å². The molecule has 1 atom stereocenters. The third-order valence-electron chi connectivity index (χ3n) is 5.38. The summed E-state index contributed by atoms with van der Waals surface area (Å²) < 4.78 is 10.8. The van der Waals surface area contributed by atoms with E-state index >= 15 is 0 Å². The molecule has 4 rings (SSSR count). The van der Waals surface area contributed by atoms with Crippen molar-refractivity contribution < 1.29 is 14.1 Å². The Hall–Kier alpha value is -3.15. The molecule has 1 unspecified atom stereocenters. The van der Waals surface area contributed by atoms with Gasteiger partial charge in [0.1, 0.15) is 11.8 Å². The summed E-state index contributed by atoms with van der Waals surface area (Å²) in [7, 11) is 1.62. The van der Waals surface area contributed by atoms with Gasteiger partial charge in [0, 0.05) is 18.5 Å². The summed E-state index contributed by atoms with van der Waals surface area (Å²) in [5, 5.41) is 4.12. The smallest absolute Gasteiger partial charge is 0.249 e. The second-order valence-electron chi connectivity index (χ2n) is 7.66. The fraction of sp³-hybridized carbons (Fsp3) is 0.348. The van der Waals surface area contributed by atoms with Gasteiger partial charge in [-0.2, -0.15) is 4.98 Å². The number of likely N-dealkylation sites (tertiary alicyclic amines) is 1. The highest BCUT2D eigenvalue weighted by Gasteiger charge is 2.36. The van der Waals surface area contributed by atoms with E-state index in [1.807, 2.05) is 29.2 Å². The monoisotopic (exact) mass is 391 g/mol. The SMILES string of the molecule is COc1cccc(-c2noc(C3CCC(=O)N3Cc3ccc(C(C)C)cc3)n2)c1. The van der Waals surface area contributed by atoms with Crippen molar-refractivity contribution in [2.45, 2.75) is 45.2 Å². The van der Waals surface area contributed by atoms with Crippen LogP contribution in [0.15, 0.2) is 53.1 Å². The van der Waals surface area contributed by atoms with Gasteiger partial charge in [-0.05, 0) is 35.6 Å². The molecule has 29 heavy (non-hydrogen) atoms. The number of benzene rings is 2. The summed E-state index contributed by atoms with van der Waals surface area (Å²) in [5.41, 5.74) is 3.21. The predicted molar refractivity (Wildman–Crippen MR) is 109 cm³/mol. The van der Waals surface area contributed by atoms with E-state index in [2.05, 4.69) is 48.3 Å². The molecule has 1 amide bonds. The first-order chi connectivity index (χ1) is 14.0. The van der Waals surface area contributed by atoms with Crippen molar-refractivity contribution in [2.24, 2.45) is 0 Å². The van der Waals surface area contributed by atoms with Crippen molar-refractivity contribution in [1.29, 1.82) is 0 Å². The Morgan fingerprint density at radius 1 is 1.21 bits per heavy atom. The van der Waals surface area contributed by atoms with Gasteiger partial charge >= 0.3 is 0 Å². The van der Waals surface area contributed by atoms with Crippen LogP contribution in [0.4, 0.5) is 0 Å². The van der Waals surface area contributed by atoms with Crippen LogP contribution < -0.4 is 4.74 Å². The molecule has 0 saturated carbocycles. The second-order valence-corrected chi connectivity index (χ2v) is 7.66. The molecular weight excluding hydrogens is 366 g/mol. The van der Waals surface area contributed by atoms with Crippen LogP contribution >= 0.6 is 0 Å². The van der Waals surface area contributed by atoms with E-state index in [9.17, 15) is 4.79 Å². The molecule has 150 valence electrons. The number of ether oxygens (including phenoxy) is 1. The fourth-order valence-electron chi connectivity index (χ4n) is 3.64. The van der Waals surface area contributed by atoms with Gasteiger partial charge in [-0.15, -0.1) is 0 Å². The molecule has 6 heteroatoms. The van der Waals surface area contributed by atoms with Crippen molar-refractivity contribution >= 4 is 5.91 Å². The molecule has 1 saturated heterocycles. The van der Waals surface area contributed by atoms with E-state index in [4.69, 9.17) is 9.26 Å². The fourth-order valence-corrected chi connectivity index (χ4v) is 3.64. The van der Waals surface area contributed by atoms with Crippen molar-refractivity contribution in [1.82, 2.24) is 15.0 Å². The van der Waals surface area contributed by atoms with Crippen LogP contribution in [0.3, 0.4) is 0 Å². The minimum Gasteiger partial charge on any atom is -0.497 e. The maximum absolute atomic E-state index is 12.5. The first-order valence-electron chi connectivity index (χ1n) is 9.91. The van der Waals surface area contributed by atoms with Gasteiger partial charge in [0.25, 0.3) is 0 Å². The van der Waals surface area contributed by atoms with Gasteiger partial charge in [-0.3, -0.25) is 4.79 Å². The topological polar surface area (TPSA) is 68.5 Å². The van der Waals surface area contributed by atoms with Crippen LogP contribution in [0.5, 0.6) is 5.75 Å². The quantitative estimate of drug-likeness (QED) is 0.607. The summed E-state index contributed by atoms with van der Waals surface area (Å²) in [6, 6.07) is 15.8. The molecule has 0 aliphatic carbocycles. The number of rotatable bonds is 6. The molecule has 0 spiro atoms. The van der Waals surface area contributed by atoms with Crippen molar-refractivity contribution in [3.05, 3.63) is 65.5 Å². The average molecular weight is 391 g/mol. The number of hydrogen-bond acceptors (Lipinski definition) is 5. The minimum absolute atomic E-state index is 0.115. The number of methoxy groups -OCH3 is 1. The molecule has 3 aromatic rings. The van der Waals surface area contributed by atoms with Crippen molar-refractivity contribution in [2.75, 3.05) is 7.11 Å². The second kappa shape index (κ2) is 8.07. The Balaban J connectivity index is 1.54. The van der Waals surface area contributed by atoms with Crippen molar-refractivity contribution in [3.8, 4) is 17.1 Å². The van der Waals surface area contributed by atoms with Crippen LogP contribution in [-0.4, -0.2) is 28.1 Å². The number of carbonyl (C=O) groups is 1. The Kier molecular flexibility index (Phi) is 5.34. The van der Waals surface area contributed by atoms with Crippen LogP contribution in [-0.2, 0) is 11.3 Å². The maximum atomic E-state index is 12.5. The van der Waals surface area contributed by atoms with E-state index in [-0.39, 0.29) is 11.9 Å². The Morgan fingerprint density at radius 3 is 2.72 bits per heavy atom. The zero-order valence-electron chi connectivity index (χ0n) is 17.0. The largest absolute Gasteiger partial charge is 0.497 e. The molecule has 6 nitrogen and oxygen atoms in total. The molecule has 1 aliphatic rings. The molecule has 1 aliphatic heterocycles. The lowest BCUT2D eigenvalue weighted by Crippen LogP contribution is -2.27. The number of amides is 1. The summed E-state index contributed by atoms with van der Waals surface area (Å²) in [6.45, 7) is 4.88. The number of aromatic nitrogens is 2. The van der Waals surface area contributed by atoms with E-state index in [1.54, 1.807) is 7.11 Å². The van der Waals surface area contributed by atoms with Gasteiger partial charge in [0.05, 0.1) is 7.11 Å². The third kappa shape index (κ3) is 4.01. The van der Waals surface area contributed by atoms with Gasteiger partial charge < -0.3 is 14.2 Å². The number of carbonyl (C=O) groups excluding carboxylic acids is 1. The molecule has 0 bridgehead atoms. The lowest BCUT2D eigenvalue weighted by atomic mass is 10.0. The molecule has 1 aromatic heterocycles. The molecule has 2 aromatic carbocycles. The Morgan fingerprint density at radius 2 is 2.00 bits per heavy atom. The number of hydrogen-bond donors (Lipinski definition) is 0. The predicted octanol–water partition coefficient (Wildman–Crippen LogP) is 4.73. The molecular formula is C23H25N3O3.